The van der Waals surface area contributed by atoms with Crippen LogP contribution in [0.15, 0.2) is 15.5 Å². The maximum absolute atomic E-state index is 12.0. The van der Waals surface area contributed by atoms with Crippen molar-refractivity contribution in [3.63, 3.8) is 0 Å². The maximum Gasteiger partial charge on any atom is 0.283 e. The first-order valence-corrected chi connectivity index (χ1v) is 7.57. The van der Waals surface area contributed by atoms with Crippen molar-refractivity contribution in [2.75, 3.05) is 11.9 Å². The Morgan fingerprint density at radius 2 is 2.21 bits per heavy atom. The minimum atomic E-state index is -0.641. The van der Waals surface area contributed by atoms with Crippen LogP contribution in [-0.4, -0.2) is 27.0 Å². The van der Waals surface area contributed by atoms with E-state index in [9.17, 15) is 9.90 Å². The summed E-state index contributed by atoms with van der Waals surface area (Å²) < 4.78 is 1.93. The fourth-order valence-corrected chi connectivity index (χ4v) is 2.88. The van der Waals surface area contributed by atoms with Gasteiger partial charge >= 0.3 is 0 Å². The number of aromatic nitrogens is 2. The van der Waals surface area contributed by atoms with E-state index >= 15 is 0 Å². The summed E-state index contributed by atoms with van der Waals surface area (Å²) >= 11 is 3.31. The van der Waals surface area contributed by atoms with Crippen LogP contribution in [0.25, 0.3) is 0 Å². The highest BCUT2D eigenvalue weighted by molar-refractivity contribution is 9.10. The predicted octanol–water partition coefficient (Wildman–Crippen LogP) is 2.13. The largest absolute Gasteiger partial charge is 0.388 e. The normalized spacial score (nSPS) is 17.6. The quantitative estimate of drug-likeness (QED) is 0.868. The number of nitrogens with zero attached hydrogens (tertiary/aromatic N) is 2. The van der Waals surface area contributed by atoms with Crippen LogP contribution in [-0.2, 0) is 6.54 Å². The summed E-state index contributed by atoms with van der Waals surface area (Å²) in [6, 6.07) is 0. The van der Waals surface area contributed by atoms with Gasteiger partial charge in [0.2, 0.25) is 0 Å². The summed E-state index contributed by atoms with van der Waals surface area (Å²) in [5, 5.41) is 17.5. The fraction of sp³-hybridized carbons (Fsp3) is 0.692. The zero-order valence-electron chi connectivity index (χ0n) is 11.2. The van der Waals surface area contributed by atoms with Gasteiger partial charge < -0.3 is 10.4 Å². The average molecular weight is 330 g/mol. The molecule has 106 valence electrons. The van der Waals surface area contributed by atoms with Crippen molar-refractivity contribution in [3.05, 3.63) is 21.0 Å². The molecule has 0 saturated heterocycles. The van der Waals surface area contributed by atoms with Gasteiger partial charge in [0.15, 0.2) is 0 Å². The Balaban J connectivity index is 2.09. The molecule has 1 heterocycles. The van der Waals surface area contributed by atoms with Crippen LogP contribution in [0.2, 0.25) is 0 Å². The Morgan fingerprint density at radius 1 is 1.53 bits per heavy atom. The van der Waals surface area contributed by atoms with Crippen LogP contribution in [0.3, 0.4) is 0 Å². The summed E-state index contributed by atoms with van der Waals surface area (Å²) in [4.78, 5) is 12.0. The number of aryl methyl sites for hydroxylation is 1. The summed E-state index contributed by atoms with van der Waals surface area (Å²) in [6.07, 6.45) is 6.27. The monoisotopic (exact) mass is 329 g/mol. The highest BCUT2D eigenvalue weighted by atomic mass is 79.9. The van der Waals surface area contributed by atoms with Crippen LogP contribution in [0.1, 0.15) is 39.0 Å². The van der Waals surface area contributed by atoms with Gasteiger partial charge in [-0.3, -0.25) is 4.79 Å². The first kappa shape index (κ1) is 14.5. The minimum Gasteiger partial charge on any atom is -0.388 e. The lowest BCUT2D eigenvalue weighted by Gasteiger charge is -2.23. The SMILES string of the molecule is CCCn1ncc(NCC2(O)CCCC2)c(Br)c1=O. The van der Waals surface area contributed by atoms with Crippen molar-refractivity contribution in [1.82, 2.24) is 9.78 Å². The van der Waals surface area contributed by atoms with Gasteiger partial charge in [-0.25, -0.2) is 4.68 Å². The van der Waals surface area contributed by atoms with E-state index in [0.717, 1.165) is 32.1 Å². The molecule has 0 atom stereocenters. The van der Waals surface area contributed by atoms with E-state index in [2.05, 4.69) is 26.3 Å². The lowest BCUT2D eigenvalue weighted by molar-refractivity contribution is 0.0614. The molecule has 1 aromatic heterocycles. The molecule has 5 nitrogen and oxygen atoms in total. The smallest absolute Gasteiger partial charge is 0.283 e. The molecule has 0 bridgehead atoms. The Bertz CT molecular complexity index is 495. The summed E-state index contributed by atoms with van der Waals surface area (Å²) in [5.74, 6) is 0. The fourth-order valence-electron chi connectivity index (χ4n) is 2.43. The number of nitrogens with one attached hydrogen (secondary N) is 1. The predicted molar refractivity (Wildman–Crippen MR) is 78.4 cm³/mol. The van der Waals surface area contributed by atoms with Gasteiger partial charge in [0.05, 0.1) is 17.5 Å². The van der Waals surface area contributed by atoms with Crippen molar-refractivity contribution < 1.29 is 5.11 Å². The highest BCUT2D eigenvalue weighted by Gasteiger charge is 2.30. The Kier molecular flexibility index (Phi) is 4.62. The third kappa shape index (κ3) is 3.36. The molecule has 2 N–H and O–H groups in total. The summed E-state index contributed by atoms with van der Waals surface area (Å²) in [5.41, 5.74) is -0.125. The van der Waals surface area contributed by atoms with Gasteiger partial charge in [0.1, 0.15) is 4.47 Å². The molecule has 0 spiro atoms. The van der Waals surface area contributed by atoms with Crippen LogP contribution in [0.4, 0.5) is 5.69 Å². The number of anilines is 1. The molecule has 1 aromatic rings. The van der Waals surface area contributed by atoms with Crippen LogP contribution >= 0.6 is 15.9 Å². The van der Waals surface area contributed by atoms with Gasteiger partial charge in [0.25, 0.3) is 5.56 Å². The molecule has 1 saturated carbocycles. The van der Waals surface area contributed by atoms with E-state index in [-0.39, 0.29) is 5.56 Å². The third-order valence-corrected chi connectivity index (χ3v) is 4.33. The van der Waals surface area contributed by atoms with E-state index in [1.165, 1.54) is 4.68 Å². The van der Waals surface area contributed by atoms with Gasteiger partial charge in [-0.15, -0.1) is 0 Å². The number of rotatable bonds is 5. The van der Waals surface area contributed by atoms with Crippen molar-refractivity contribution in [1.29, 1.82) is 0 Å². The van der Waals surface area contributed by atoms with Crippen molar-refractivity contribution in [3.8, 4) is 0 Å². The Morgan fingerprint density at radius 3 is 2.84 bits per heavy atom. The summed E-state index contributed by atoms with van der Waals surface area (Å²) in [7, 11) is 0. The van der Waals surface area contributed by atoms with Gasteiger partial charge in [0, 0.05) is 13.1 Å². The van der Waals surface area contributed by atoms with E-state index < -0.39 is 5.60 Å². The molecule has 0 unspecified atom stereocenters. The Hall–Kier alpha value is -0.880. The molecule has 0 radical (unpaired) electrons. The van der Waals surface area contributed by atoms with Gasteiger partial charge in [-0.1, -0.05) is 19.8 Å². The highest BCUT2D eigenvalue weighted by Crippen LogP contribution is 2.30. The molecule has 2 rings (SSSR count). The first-order valence-electron chi connectivity index (χ1n) is 6.77. The molecule has 0 aliphatic heterocycles. The molecule has 1 aliphatic rings. The topological polar surface area (TPSA) is 67.2 Å². The number of aliphatic hydroxyl groups is 1. The number of halogens is 1. The second-order valence-electron chi connectivity index (χ2n) is 5.19. The van der Waals surface area contributed by atoms with E-state index in [1.54, 1.807) is 6.20 Å². The standard InChI is InChI=1S/C13H20BrN3O2/c1-2-7-17-12(18)11(14)10(8-16-17)15-9-13(19)5-3-4-6-13/h8,15,19H,2-7,9H2,1H3. The molecule has 0 aromatic carbocycles. The second kappa shape index (κ2) is 6.05. The zero-order valence-corrected chi connectivity index (χ0v) is 12.7. The summed E-state index contributed by atoms with van der Waals surface area (Å²) in [6.45, 7) is 3.08. The Labute approximate surface area is 121 Å². The molecular formula is C13H20BrN3O2. The van der Waals surface area contributed by atoms with Crippen LogP contribution in [0.5, 0.6) is 0 Å². The van der Waals surface area contributed by atoms with Crippen LogP contribution < -0.4 is 10.9 Å². The third-order valence-electron chi connectivity index (χ3n) is 3.56. The molecule has 1 aliphatic carbocycles. The van der Waals surface area contributed by atoms with Gasteiger partial charge in [-0.05, 0) is 35.2 Å². The lowest BCUT2D eigenvalue weighted by atomic mass is 10.0. The molecule has 19 heavy (non-hydrogen) atoms. The maximum atomic E-state index is 12.0. The van der Waals surface area contributed by atoms with Crippen molar-refractivity contribution in [2.24, 2.45) is 0 Å². The number of hydrogen-bond acceptors (Lipinski definition) is 4. The average Bonchev–Trinajstić information content (AvgIpc) is 2.82. The molecular weight excluding hydrogens is 310 g/mol. The van der Waals surface area contributed by atoms with E-state index in [1.807, 2.05) is 6.92 Å². The van der Waals surface area contributed by atoms with Crippen molar-refractivity contribution in [2.45, 2.75) is 51.2 Å². The molecule has 1 fully saturated rings. The van der Waals surface area contributed by atoms with E-state index in [0.29, 0.717) is 23.2 Å². The number of hydrogen-bond donors (Lipinski definition) is 2. The second-order valence-corrected chi connectivity index (χ2v) is 5.98. The lowest BCUT2D eigenvalue weighted by Crippen LogP contribution is -2.34. The van der Waals surface area contributed by atoms with E-state index in [4.69, 9.17) is 0 Å². The first-order chi connectivity index (χ1) is 9.06. The zero-order chi connectivity index (χ0) is 13.9. The van der Waals surface area contributed by atoms with Crippen LogP contribution in [0, 0.1) is 0 Å². The molecule has 0 amide bonds. The molecule has 6 heteroatoms. The van der Waals surface area contributed by atoms with Gasteiger partial charge in [-0.2, -0.15) is 5.10 Å². The van der Waals surface area contributed by atoms with Crippen molar-refractivity contribution >= 4 is 21.6 Å². The minimum absolute atomic E-state index is 0.134.